The molecule has 1 N–H and O–H groups in total. The highest BCUT2D eigenvalue weighted by molar-refractivity contribution is 6.31. The molecule has 7 heteroatoms. The number of carbonyl (C=O) groups is 2. The van der Waals surface area contributed by atoms with Crippen LogP contribution in [0.15, 0.2) is 48.5 Å². The van der Waals surface area contributed by atoms with Crippen molar-refractivity contribution >= 4 is 46.5 Å². The van der Waals surface area contributed by atoms with Crippen LogP contribution in [-0.2, 0) is 9.59 Å². The van der Waals surface area contributed by atoms with Crippen LogP contribution in [0, 0.1) is 0 Å². The number of piperazine rings is 1. The lowest BCUT2D eigenvalue weighted by Crippen LogP contribution is -2.58. The Kier molecular flexibility index (Phi) is 5.16. The zero-order valence-electron chi connectivity index (χ0n) is 13.2. The van der Waals surface area contributed by atoms with Gasteiger partial charge in [0.15, 0.2) is 0 Å². The van der Waals surface area contributed by atoms with Gasteiger partial charge < -0.3 is 14.9 Å². The van der Waals surface area contributed by atoms with Crippen molar-refractivity contribution in [3.63, 3.8) is 0 Å². The number of carboxylic acids is 1. The molecule has 2 aromatic carbocycles. The highest BCUT2D eigenvalue weighted by Crippen LogP contribution is 2.28. The summed E-state index contributed by atoms with van der Waals surface area (Å²) in [6, 6.07) is 13.2. The molecule has 1 aliphatic heterocycles. The summed E-state index contributed by atoms with van der Waals surface area (Å²) in [5, 5.41) is 10.4. The number of aliphatic carboxylic acids is 1. The fourth-order valence-corrected chi connectivity index (χ4v) is 3.22. The highest BCUT2D eigenvalue weighted by Gasteiger charge is 2.37. The molecule has 1 atom stereocenters. The summed E-state index contributed by atoms with van der Waals surface area (Å²) >= 11 is 11.8. The van der Waals surface area contributed by atoms with Crippen LogP contribution in [0.3, 0.4) is 0 Å². The zero-order valence-corrected chi connectivity index (χ0v) is 14.7. The lowest BCUT2D eigenvalue weighted by Gasteiger charge is -2.41. The van der Waals surface area contributed by atoms with Crippen LogP contribution in [0.4, 0.5) is 11.4 Å². The van der Waals surface area contributed by atoms with Crippen LogP contribution < -0.4 is 9.80 Å². The predicted molar refractivity (Wildman–Crippen MR) is 98.6 cm³/mol. The van der Waals surface area contributed by atoms with Crippen LogP contribution in [-0.4, -0.2) is 36.1 Å². The van der Waals surface area contributed by atoms with Crippen molar-refractivity contribution in [1.82, 2.24) is 0 Å². The monoisotopic (exact) mass is 378 g/mol. The molecule has 2 aromatic rings. The summed E-state index contributed by atoms with van der Waals surface area (Å²) in [6.07, 6.45) is -0.272. The van der Waals surface area contributed by atoms with Crippen molar-refractivity contribution in [2.75, 3.05) is 22.9 Å². The first-order valence-electron chi connectivity index (χ1n) is 7.76. The summed E-state index contributed by atoms with van der Waals surface area (Å²) < 4.78 is 0. The number of rotatable bonds is 4. The molecule has 0 aliphatic carbocycles. The third-order valence-corrected chi connectivity index (χ3v) is 4.66. The molecule has 1 heterocycles. The minimum Gasteiger partial charge on any atom is -0.481 e. The van der Waals surface area contributed by atoms with Crippen LogP contribution in [0.25, 0.3) is 0 Å². The number of amides is 1. The minimum atomic E-state index is -1.02. The number of carboxylic acid groups (broad SMARTS) is 1. The smallest absolute Gasteiger partial charge is 0.305 e. The Bertz CT molecular complexity index is 778. The van der Waals surface area contributed by atoms with E-state index in [1.807, 2.05) is 4.90 Å². The van der Waals surface area contributed by atoms with Crippen molar-refractivity contribution in [3.05, 3.63) is 58.6 Å². The van der Waals surface area contributed by atoms with Gasteiger partial charge in [-0.1, -0.05) is 23.2 Å². The van der Waals surface area contributed by atoms with Gasteiger partial charge in [-0.05, 0) is 48.5 Å². The summed E-state index contributed by atoms with van der Waals surface area (Å²) in [5.41, 5.74) is 1.49. The van der Waals surface area contributed by atoms with E-state index in [2.05, 4.69) is 0 Å². The number of hydrogen-bond donors (Lipinski definition) is 1. The Morgan fingerprint density at radius 3 is 2.00 bits per heavy atom. The normalized spacial score (nSPS) is 17.7. The van der Waals surface area contributed by atoms with E-state index in [4.69, 9.17) is 23.2 Å². The second kappa shape index (κ2) is 7.33. The zero-order chi connectivity index (χ0) is 18.0. The molecule has 0 bridgehead atoms. The largest absolute Gasteiger partial charge is 0.481 e. The van der Waals surface area contributed by atoms with E-state index in [-0.39, 0.29) is 12.3 Å². The standard InChI is InChI=1S/C18H16Cl2N2O3/c19-12-1-5-14(6-2-12)21-9-10-22(15-7-3-13(20)4-8-15)18(25)16(21)11-17(23)24/h1-8,16H,9-11H2,(H,23,24). The Balaban J connectivity index is 1.90. The van der Waals surface area contributed by atoms with Gasteiger partial charge in [0.1, 0.15) is 6.04 Å². The fraction of sp³-hybridized carbons (Fsp3) is 0.222. The van der Waals surface area contributed by atoms with Crippen molar-refractivity contribution in [2.24, 2.45) is 0 Å². The van der Waals surface area contributed by atoms with E-state index in [9.17, 15) is 14.7 Å². The van der Waals surface area contributed by atoms with Gasteiger partial charge in [0.05, 0.1) is 6.42 Å². The van der Waals surface area contributed by atoms with E-state index in [1.54, 1.807) is 53.4 Å². The molecular weight excluding hydrogens is 363 g/mol. The third-order valence-electron chi connectivity index (χ3n) is 4.16. The maximum absolute atomic E-state index is 13.0. The fourth-order valence-electron chi connectivity index (χ4n) is 2.97. The minimum absolute atomic E-state index is 0.245. The quantitative estimate of drug-likeness (QED) is 0.880. The Labute approximate surface area is 155 Å². The van der Waals surface area contributed by atoms with E-state index in [0.29, 0.717) is 28.8 Å². The van der Waals surface area contributed by atoms with Crippen LogP contribution >= 0.6 is 23.2 Å². The van der Waals surface area contributed by atoms with Crippen LogP contribution in [0.1, 0.15) is 6.42 Å². The van der Waals surface area contributed by atoms with E-state index in [1.165, 1.54) is 0 Å². The molecule has 1 amide bonds. The van der Waals surface area contributed by atoms with Crippen molar-refractivity contribution < 1.29 is 14.7 Å². The molecule has 5 nitrogen and oxygen atoms in total. The molecule has 25 heavy (non-hydrogen) atoms. The second-order valence-corrected chi connectivity index (χ2v) is 6.62. The number of nitrogens with zero attached hydrogens (tertiary/aromatic N) is 2. The van der Waals surface area contributed by atoms with E-state index in [0.717, 1.165) is 5.69 Å². The first kappa shape index (κ1) is 17.6. The first-order valence-corrected chi connectivity index (χ1v) is 8.52. The van der Waals surface area contributed by atoms with Gasteiger partial charge in [-0.25, -0.2) is 0 Å². The van der Waals surface area contributed by atoms with E-state index < -0.39 is 12.0 Å². The summed E-state index contributed by atoms with van der Waals surface area (Å²) in [6.45, 7) is 0.979. The van der Waals surface area contributed by atoms with E-state index >= 15 is 0 Å². The van der Waals surface area contributed by atoms with Crippen LogP contribution in [0.2, 0.25) is 10.0 Å². The summed E-state index contributed by atoms with van der Waals surface area (Å²) in [5.74, 6) is -1.26. The Hall–Kier alpha value is -2.24. The molecule has 3 rings (SSSR count). The third kappa shape index (κ3) is 3.89. The summed E-state index contributed by atoms with van der Waals surface area (Å²) in [7, 11) is 0. The van der Waals surface area contributed by atoms with Gasteiger partial charge in [-0.15, -0.1) is 0 Å². The second-order valence-electron chi connectivity index (χ2n) is 5.75. The number of halogens is 2. The maximum Gasteiger partial charge on any atom is 0.305 e. The molecule has 0 radical (unpaired) electrons. The molecular formula is C18H16Cl2N2O3. The summed E-state index contributed by atoms with van der Waals surface area (Å²) in [4.78, 5) is 27.7. The molecule has 0 saturated carbocycles. The lowest BCUT2D eigenvalue weighted by atomic mass is 10.0. The van der Waals surface area contributed by atoms with Crippen molar-refractivity contribution in [1.29, 1.82) is 0 Å². The Morgan fingerprint density at radius 1 is 0.960 bits per heavy atom. The molecule has 1 fully saturated rings. The molecule has 130 valence electrons. The highest BCUT2D eigenvalue weighted by atomic mass is 35.5. The molecule has 0 aromatic heterocycles. The maximum atomic E-state index is 13.0. The molecule has 1 aliphatic rings. The molecule has 0 spiro atoms. The Morgan fingerprint density at radius 2 is 1.48 bits per heavy atom. The molecule has 1 unspecified atom stereocenters. The van der Waals surface area contributed by atoms with Gasteiger partial charge >= 0.3 is 5.97 Å². The number of benzene rings is 2. The van der Waals surface area contributed by atoms with Gasteiger partial charge in [-0.2, -0.15) is 0 Å². The number of hydrogen-bond acceptors (Lipinski definition) is 3. The predicted octanol–water partition coefficient (Wildman–Crippen LogP) is 3.69. The lowest BCUT2D eigenvalue weighted by molar-refractivity contribution is -0.139. The SMILES string of the molecule is O=C(O)CC1C(=O)N(c2ccc(Cl)cc2)CCN1c1ccc(Cl)cc1. The van der Waals surface area contributed by atoms with Crippen molar-refractivity contribution in [3.8, 4) is 0 Å². The van der Waals surface area contributed by atoms with Gasteiger partial charge in [0.25, 0.3) is 0 Å². The van der Waals surface area contributed by atoms with Gasteiger partial charge in [-0.3, -0.25) is 9.59 Å². The topological polar surface area (TPSA) is 60.9 Å². The van der Waals surface area contributed by atoms with Gasteiger partial charge in [0, 0.05) is 34.5 Å². The van der Waals surface area contributed by atoms with Crippen molar-refractivity contribution in [2.45, 2.75) is 12.5 Å². The average Bonchev–Trinajstić information content (AvgIpc) is 2.58. The van der Waals surface area contributed by atoms with Crippen LogP contribution in [0.5, 0.6) is 0 Å². The average molecular weight is 379 g/mol. The molecule has 1 saturated heterocycles. The number of carbonyl (C=O) groups excluding carboxylic acids is 1. The van der Waals surface area contributed by atoms with Gasteiger partial charge in [0.2, 0.25) is 5.91 Å². The first-order chi connectivity index (χ1) is 12.0. The number of anilines is 2.